The van der Waals surface area contributed by atoms with E-state index in [2.05, 4.69) is 20.4 Å². The van der Waals surface area contributed by atoms with Gasteiger partial charge in [0, 0.05) is 5.92 Å². The van der Waals surface area contributed by atoms with E-state index in [-0.39, 0.29) is 6.10 Å². The molecular formula is C10H18O. The van der Waals surface area contributed by atoms with Gasteiger partial charge in [-0.05, 0) is 25.2 Å². The quantitative estimate of drug-likeness (QED) is 0.575. The molecular weight excluding hydrogens is 136 g/mol. The van der Waals surface area contributed by atoms with Gasteiger partial charge in [0.1, 0.15) is 0 Å². The maximum atomic E-state index is 9.63. The van der Waals surface area contributed by atoms with Crippen LogP contribution in [0, 0.1) is 11.3 Å². The minimum atomic E-state index is -0.150. The lowest BCUT2D eigenvalue weighted by Gasteiger charge is -2.16. The van der Waals surface area contributed by atoms with Crippen LogP contribution >= 0.6 is 0 Å². The van der Waals surface area contributed by atoms with E-state index in [1.165, 1.54) is 0 Å². The Labute approximate surface area is 69.1 Å². The summed E-state index contributed by atoms with van der Waals surface area (Å²) in [5, 5.41) is 9.63. The van der Waals surface area contributed by atoms with Crippen LogP contribution in [0.25, 0.3) is 0 Å². The van der Waals surface area contributed by atoms with Crippen LogP contribution in [0.3, 0.4) is 0 Å². The second kappa shape index (κ2) is 2.63. The molecule has 1 N–H and O–H groups in total. The molecule has 1 fully saturated rings. The van der Waals surface area contributed by atoms with Crippen LogP contribution in [-0.4, -0.2) is 11.2 Å². The van der Waals surface area contributed by atoms with Gasteiger partial charge in [-0.25, -0.2) is 0 Å². The summed E-state index contributed by atoms with van der Waals surface area (Å²) in [6.45, 7) is 10.3. The molecule has 0 aromatic rings. The molecule has 0 unspecified atom stereocenters. The Balaban J connectivity index is 2.66. The first-order valence-electron chi connectivity index (χ1n) is 4.26. The molecule has 11 heavy (non-hydrogen) atoms. The van der Waals surface area contributed by atoms with Gasteiger partial charge in [-0.2, -0.15) is 0 Å². The van der Waals surface area contributed by atoms with Crippen molar-refractivity contribution in [3.05, 3.63) is 12.2 Å². The summed E-state index contributed by atoms with van der Waals surface area (Å²) in [4.78, 5) is 0. The van der Waals surface area contributed by atoms with Crippen molar-refractivity contribution < 1.29 is 5.11 Å². The zero-order chi connectivity index (χ0) is 8.65. The summed E-state index contributed by atoms with van der Waals surface area (Å²) < 4.78 is 0. The molecule has 1 saturated carbocycles. The van der Waals surface area contributed by atoms with Crippen molar-refractivity contribution in [2.24, 2.45) is 11.3 Å². The smallest absolute Gasteiger partial charge is 0.0610 e. The monoisotopic (exact) mass is 154 g/mol. The minimum absolute atomic E-state index is 0.150. The average molecular weight is 154 g/mol. The van der Waals surface area contributed by atoms with Gasteiger partial charge in [0.25, 0.3) is 0 Å². The molecule has 0 heterocycles. The fourth-order valence-corrected chi connectivity index (χ4v) is 2.03. The molecule has 2 atom stereocenters. The lowest BCUT2D eigenvalue weighted by Crippen LogP contribution is -2.13. The predicted octanol–water partition coefficient (Wildman–Crippen LogP) is 2.36. The molecule has 0 aliphatic heterocycles. The van der Waals surface area contributed by atoms with E-state index in [0.717, 1.165) is 18.4 Å². The highest BCUT2D eigenvalue weighted by Gasteiger charge is 2.38. The molecule has 1 rings (SSSR count). The summed E-state index contributed by atoms with van der Waals surface area (Å²) in [7, 11) is 0. The number of aliphatic hydroxyl groups is 1. The molecule has 0 saturated heterocycles. The van der Waals surface area contributed by atoms with Crippen LogP contribution in [0.5, 0.6) is 0 Å². The van der Waals surface area contributed by atoms with E-state index in [0.29, 0.717) is 11.3 Å². The highest BCUT2D eigenvalue weighted by atomic mass is 16.3. The van der Waals surface area contributed by atoms with E-state index in [4.69, 9.17) is 0 Å². The zero-order valence-electron chi connectivity index (χ0n) is 7.72. The number of hydrogen-bond donors (Lipinski definition) is 1. The van der Waals surface area contributed by atoms with Crippen LogP contribution in [-0.2, 0) is 0 Å². The van der Waals surface area contributed by atoms with Crippen LogP contribution in [0.2, 0.25) is 0 Å². The van der Waals surface area contributed by atoms with Gasteiger partial charge in [0.15, 0.2) is 0 Å². The summed E-state index contributed by atoms with van der Waals surface area (Å²) in [6.07, 6.45) is 1.86. The van der Waals surface area contributed by atoms with Crippen molar-refractivity contribution in [2.75, 3.05) is 0 Å². The van der Waals surface area contributed by atoms with Crippen molar-refractivity contribution in [3.63, 3.8) is 0 Å². The van der Waals surface area contributed by atoms with E-state index in [1.54, 1.807) is 0 Å². The van der Waals surface area contributed by atoms with E-state index >= 15 is 0 Å². The topological polar surface area (TPSA) is 20.2 Å². The molecule has 0 spiro atoms. The third-order valence-corrected chi connectivity index (χ3v) is 2.63. The van der Waals surface area contributed by atoms with Crippen molar-refractivity contribution in [3.8, 4) is 0 Å². The Morgan fingerprint density at radius 1 is 1.45 bits per heavy atom. The van der Waals surface area contributed by atoms with Crippen LogP contribution in [0.1, 0.15) is 33.6 Å². The predicted molar refractivity (Wildman–Crippen MR) is 47.3 cm³/mol. The fourth-order valence-electron chi connectivity index (χ4n) is 2.03. The highest BCUT2D eigenvalue weighted by molar-refractivity contribution is 5.05. The highest BCUT2D eigenvalue weighted by Crippen LogP contribution is 2.43. The van der Waals surface area contributed by atoms with Gasteiger partial charge in [0.05, 0.1) is 6.10 Å². The molecule has 0 amide bonds. The third kappa shape index (κ3) is 1.84. The van der Waals surface area contributed by atoms with Crippen molar-refractivity contribution in [1.29, 1.82) is 0 Å². The average Bonchev–Trinajstić information content (AvgIpc) is 2.05. The molecule has 0 aromatic heterocycles. The van der Waals surface area contributed by atoms with Gasteiger partial charge in [-0.3, -0.25) is 0 Å². The molecule has 1 aliphatic carbocycles. The Morgan fingerprint density at radius 2 is 2.00 bits per heavy atom. The van der Waals surface area contributed by atoms with Crippen molar-refractivity contribution >= 4 is 0 Å². The first-order valence-corrected chi connectivity index (χ1v) is 4.26. The van der Waals surface area contributed by atoms with Gasteiger partial charge >= 0.3 is 0 Å². The minimum Gasteiger partial charge on any atom is -0.392 e. The van der Waals surface area contributed by atoms with E-state index < -0.39 is 0 Å². The SMILES string of the molecule is C=C(C)[C@@H]1CC(C)(C)C[C@H]1O. The van der Waals surface area contributed by atoms with E-state index in [9.17, 15) is 5.11 Å². The Bertz CT molecular complexity index is 170. The van der Waals surface area contributed by atoms with Crippen LogP contribution < -0.4 is 0 Å². The lowest BCUT2D eigenvalue weighted by atomic mass is 9.89. The molecule has 1 aliphatic rings. The molecule has 0 bridgehead atoms. The number of hydrogen-bond acceptors (Lipinski definition) is 1. The number of rotatable bonds is 1. The third-order valence-electron chi connectivity index (χ3n) is 2.63. The Morgan fingerprint density at radius 3 is 2.18 bits per heavy atom. The van der Waals surface area contributed by atoms with Gasteiger partial charge < -0.3 is 5.11 Å². The molecule has 0 aromatic carbocycles. The zero-order valence-corrected chi connectivity index (χ0v) is 7.72. The second-order valence-corrected chi connectivity index (χ2v) is 4.59. The molecule has 1 heteroatoms. The summed E-state index contributed by atoms with van der Waals surface area (Å²) in [6, 6.07) is 0. The lowest BCUT2D eigenvalue weighted by molar-refractivity contribution is 0.141. The summed E-state index contributed by atoms with van der Waals surface area (Å²) in [5.41, 5.74) is 1.44. The Kier molecular flexibility index (Phi) is 2.10. The first kappa shape index (κ1) is 8.79. The first-order chi connectivity index (χ1) is 4.92. The van der Waals surface area contributed by atoms with Gasteiger partial charge in [0.2, 0.25) is 0 Å². The fraction of sp³-hybridized carbons (Fsp3) is 0.800. The number of aliphatic hydroxyl groups excluding tert-OH is 1. The Hall–Kier alpha value is -0.300. The maximum absolute atomic E-state index is 9.63. The van der Waals surface area contributed by atoms with Gasteiger partial charge in [-0.1, -0.05) is 26.0 Å². The largest absolute Gasteiger partial charge is 0.392 e. The normalized spacial score (nSPS) is 35.6. The standard InChI is InChI=1S/C10H18O/c1-7(2)8-5-10(3,4)6-9(8)11/h8-9,11H,1,5-6H2,2-4H3/t8-,9+/m0/s1. The van der Waals surface area contributed by atoms with Crippen molar-refractivity contribution in [2.45, 2.75) is 39.7 Å². The van der Waals surface area contributed by atoms with Crippen LogP contribution in [0.4, 0.5) is 0 Å². The molecule has 0 radical (unpaired) electrons. The summed E-state index contributed by atoms with van der Waals surface area (Å²) >= 11 is 0. The van der Waals surface area contributed by atoms with Gasteiger partial charge in [-0.15, -0.1) is 0 Å². The molecule has 64 valence electrons. The molecule has 1 nitrogen and oxygen atoms in total. The second-order valence-electron chi connectivity index (χ2n) is 4.59. The van der Waals surface area contributed by atoms with Crippen LogP contribution in [0.15, 0.2) is 12.2 Å². The van der Waals surface area contributed by atoms with Crippen molar-refractivity contribution in [1.82, 2.24) is 0 Å². The van der Waals surface area contributed by atoms with E-state index in [1.807, 2.05) is 6.92 Å². The summed E-state index contributed by atoms with van der Waals surface area (Å²) in [5.74, 6) is 0.338. The maximum Gasteiger partial charge on any atom is 0.0610 e.